The number of hydrogen-bond acceptors (Lipinski definition) is 5. The van der Waals surface area contributed by atoms with E-state index in [0.29, 0.717) is 12.3 Å². The highest BCUT2D eigenvalue weighted by Gasteiger charge is 2.23. The van der Waals surface area contributed by atoms with Crippen molar-refractivity contribution in [2.24, 2.45) is 5.92 Å². The number of likely N-dealkylation sites (tertiary alicyclic amines) is 1. The molecular formula is C16H20ClN3OS2. The number of thiazole rings is 1. The van der Waals surface area contributed by atoms with Gasteiger partial charge in [-0.1, -0.05) is 11.6 Å². The van der Waals surface area contributed by atoms with E-state index in [4.69, 9.17) is 11.6 Å². The fourth-order valence-electron chi connectivity index (χ4n) is 2.94. The average Bonchev–Trinajstić information content (AvgIpc) is 3.17. The van der Waals surface area contributed by atoms with Gasteiger partial charge in [-0.3, -0.25) is 4.79 Å². The van der Waals surface area contributed by atoms with Crippen molar-refractivity contribution in [2.45, 2.75) is 19.3 Å². The van der Waals surface area contributed by atoms with Gasteiger partial charge in [0.2, 0.25) is 5.91 Å². The molecule has 2 aromatic heterocycles. The van der Waals surface area contributed by atoms with Crippen molar-refractivity contribution in [3.63, 3.8) is 0 Å². The Labute approximate surface area is 149 Å². The maximum Gasteiger partial charge on any atom is 0.228 e. The number of hydrogen-bond donors (Lipinski definition) is 1. The van der Waals surface area contributed by atoms with Crippen molar-refractivity contribution in [1.82, 2.24) is 15.2 Å². The van der Waals surface area contributed by atoms with E-state index >= 15 is 0 Å². The fraction of sp³-hybridized carbons (Fsp3) is 0.500. The first kappa shape index (κ1) is 16.9. The Morgan fingerprint density at radius 3 is 3.13 bits per heavy atom. The quantitative estimate of drug-likeness (QED) is 0.876. The lowest BCUT2D eigenvalue weighted by Gasteiger charge is -2.32. The number of halogens is 1. The molecule has 0 bridgehead atoms. The van der Waals surface area contributed by atoms with E-state index in [0.717, 1.165) is 46.0 Å². The molecule has 1 unspecified atom stereocenters. The van der Waals surface area contributed by atoms with Gasteiger partial charge in [0.25, 0.3) is 0 Å². The summed E-state index contributed by atoms with van der Waals surface area (Å²) in [5.74, 6) is 0.754. The molecule has 1 saturated heterocycles. The largest absolute Gasteiger partial charge is 0.342 e. The molecule has 3 rings (SSSR count). The Hall–Kier alpha value is -0.950. The van der Waals surface area contributed by atoms with Gasteiger partial charge in [-0.15, -0.1) is 22.7 Å². The van der Waals surface area contributed by atoms with Crippen LogP contribution in [0.3, 0.4) is 0 Å². The highest BCUT2D eigenvalue weighted by Crippen LogP contribution is 2.33. The maximum absolute atomic E-state index is 12.5. The molecule has 3 heterocycles. The first-order valence-corrected chi connectivity index (χ1v) is 9.85. The van der Waals surface area contributed by atoms with Crippen LogP contribution < -0.4 is 5.32 Å². The minimum Gasteiger partial charge on any atom is -0.342 e. The highest BCUT2D eigenvalue weighted by molar-refractivity contribution is 7.23. The number of carbonyl (C=O) groups excluding carboxylic acids is 1. The molecule has 124 valence electrons. The standard InChI is InChI=1S/C16H20ClN3OS2/c1-18-8-11-3-2-6-20(9-11)15(21)7-12-10-22-16(19-12)13-4-5-14(17)23-13/h4-5,10-11,18H,2-3,6-9H2,1H3. The predicted molar refractivity (Wildman–Crippen MR) is 97.4 cm³/mol. The molecule has 1 fully saturated rings. The first-order chi connectivity index (χ1) is 11.2. The van der Waals surface area contributed by atoms with Gasteiger partial charge >= 0.3 is 0 Å². The van der Waals surface area contributed by atoms with Gasteiger partial charge in [-0.05, 0) is 44.5 Å². The third kappa shape index (κ3) is 4.32. The molecular weight excluding hydrogens is 350 g/mol. The molecule has 0 radical (unpaired) electrons. The highest BCUT2D eigenvalue weighted by atomic mass is 35.5. The first-order valence-electron chi connectivity index (χ1n) is 7.78. The summed E-state index contributed by atoms with van der Waals surface area (Å²) < 4.78 is 0.761. The van der Waals surface area contributed by atoms with Crippen LogP contribution >= 0.6 is 34.3 Å². The van der Waals surface area contributed by atoms with Crippen molar-refractivity contribution in [3.05, 3.63) is 27.5 Å². The normalized spacial score (nSPS) is 18.3. The van der Waals surface area contributed by atoms with Crippen LogP contribution in [0.5, 0.6) is 0 Å². The molecule has 1 aliphatic heterocycles. The van der Waals surface area contributed by atoms with E-state index < -0.39 is 0 Å². The van der Waals surface area contributed by atoms with E-state index in [-0.39, 0.29) is 5.91 Å². The van der Waals surface area contributed by atoms with Gasteiger partial charge in [0, 0.05) is 18.5 Å². The summed E-state index contributed by atoms with van der Waals surface area (Å²) in [6, 6.07) is 3.85. The van der Waals surface area contributed by atoms with Crippen molar-refractivity contribution >= 4 is 40.2 Å². The Kier molecular flexibility index (Phi) is 5.69. The van der Waals surface area contributed by atoms with Crippen molar-refractivity contribution in [2.75, 3.05) is 26.7 Å². The van der Waals surface area contributed by atoms with Crippen LogP contribution in [0, 0.1) is 5.92 Å². The SMILES string of the molecule is CNCC1CCCN(C(=O)Cc2csc(-c3ccc(Cl)s3)n2)C1. The molecule has 1 atom stereocenters. The van der Waals surface area contributed by atoms with Crippen LogP contribution in [-0.2, 0) is 11.2 Å². The molecule has 1 aliphatic rings. The van der Waals surface area contributed by atoms with E-state index in [1.54, 1.807) is 11.3 Å². The number of carbonyl (C=O) groups is 1. The number of thiophene rings is 1. The van der Waals surface area contributed by atoms with Crippen LogP contribution in [0.2, 0.25) is 4.34 Å². The number of nitrogens with one attached hydrogen (secondary N) is 1. The number of nitrogens with zero attached hydrogens (tertiary/aromatic N) is 2. The van der Waals surface area contributed by atoms with E-state index in [2.05, 4.69) is 10.3 Å². The van der Waals surface area contributed by atoms with Gasteiger partial charge in [0.15, 0.2) is 0 Å². The molecule has 0 saturated carbocycles. The third-order valence-corrected chi connectivity index (χ3v) is 6.32. The summed E-state index contributed by atoms with van der Waals surface area (Å²) in [6.07, 6.45) is 2.68. The molecule has 0 aliphatic carbocycles. The summed E-state index contributed by atoms with van der Waals surface area (Å²) in [5, 5.41) is 6.13. The number of aromatic nitrogens is 1. The molecule has 2 aromatic rings. The molecule has 0 aromatic carbocycles. The number of piperidine rings is 1. The molecule has 7 heteroatoms. The van der Waals surface area contributed by atoms with E-state index in [9.17, 15) is 4.79 Å². The zero-order chi connectivity index (χ0) is 16.2. The van der Waals surface area contributed by atoms with Crippen LogP contribution in [0.15, 0.2) is 17.5 Å². The summed E-state index contributed by atoms with van der Waals surface area (Å²) in [7, 11) is 1.97. The summed E-state index contributed by atoms with van der Waals surface area (Å²) in [4.78, 5) is 20.2. The van der Waals surface area contributed by atoms with Crippen LogP contribution in [0.25, 0.3) is 9.88 Å². The van der Waals surface area contributed by atoms with Gasteiger partial charge in [0.05, 0.1) is 21.3 Å². The number of rotatable bonds is 5. The second-order valence-electron chi connectivity index (χ2n) is 5.83. The Morgan fingerprint density at radius 2 is 2.39 bits per heavy atom. The second kappa shape index (κ2) is 7.75. The molecule has 1 N–H and O–H groups in total. The fourth-order valence-corrected chi connectivity index (χ4v) is 4.88. The smallest absolute Gasteiger partial charge is 0.228 e. The number of amides is 1. The van der Waals surface area contributed by atoms with Gasteiger partial charge in [-0.2, -0.15) is 0 Å². The zero-order valence-corrected chi connectivity index (χ0v) is 15.4. The predicted octanol–water partition coefficient (Wildman–Crippen LogP) is 3.53. The second-order valence-corrected chi connectivity index (χ2v) is 8.40. The minimum absolute atomic E-state index is 0.187. The Morgan fingerprint density at radius 1 is 1.52 bits per heavy atom. The van der Waals surface area contributed by atoms with Crippen LogP contribution in [0.1, 0.15) is 18.5 Å². The van der Waals surface area contributed by atoms with Gasteiger partial charge in [-0.25, -0.2) is 4.98 Å². The lowest BCUT2D eigenvalue weighted by atomic mass is 9.98. The molecule has 1 amide bonds. The van der Waals surface area contributed by atoms with E-state index in [1.807, 2.05) is 29.5 Å². The van der Waals surface area contributed by atoms with Gasteiger partial charge in [0.1, 0.15) is 5.01 Å². The average molecular weight is 370 g/mol. The van der Waals surface area contributed by atoms with Crippen LogP contribution in [0.4, 0.5) is 0 Å². The molecule has 23 heavy (non-hydrogen) atoms. The monoisotopic (exact) mass is 369 g/mol. The lowest BCUT2D eigenvalue weighted by molar-refractivity contribution is -0.132. The topological polar surface area (TPSA) is 45.2 Å². The molecule has 0 spiro atoms. The van der Waals surface area contributed by atoms with Crippen molar-refractivity contribution < 1.29 is 4.79 Å². The Balaban J connectivity index is 1.61. The third-order valence-electron chi connectivity index (χ3n) is 4.03. The van der Waals surface area contributed by atoms with Crippen molar-refractivity contribution in [3.8, 4) is 9.88 Å². The summed E-state index contributed by atoms with van der Waals surface area (Å²) >= 11 is 9.06. The van der Waals surface area contributed by atoms with Gasteiger partial charge < -0.3 is 10.2 Å². The maximum atomic E-state index is 12.5. The minimum atomic E-state index is 0.187. The van der Waals surface area contributed by atoms with E-state index in [1.165, 1.54) is 17.8 Å². The summed E-state index contributed by atoms with van der Waals surface area (Å²) in [5.41, 5.74) is 0.857. The van der Waals surface area contributed by atoms with Crippen LogP contribution in [-0.4, -0.2) is 42.5 Å². The summed E-state index contributed by atoms with van der Waals surface area (Å²) in [6.45, 7) is 2.71. The lowest BCUT2D eigenvalue weighted by Crippen LogP contribution is -2.43. The Bertz CT molecular complexity index is 668. The zero-order valence-electron chi connectivity index (χ0n) is 13.0. The molecule has 4 nitrogen and oxygen atoms in total. The van der Waals surface area contributed by atoms with Crippen molar-refractivity contribution in [1.29, 1.82) is 0 Å².